The summed E-state index contributed by atoms with van der Waals surface area (Å²) < 4.78 is 25.4. The van der Waals surface area contributed by atoms with E-state index in [4.69, 9.17) is 17.7 Å². The molecule has 0 aromatic carbocycles. The molecule has 0 radical (unpaired) electrons. The van der Waals surface area contributed by atoms with Gasteiger partial charge in [-0.25, -0.2) is 0 Å². The molecule has 12 heteroatoms. The lowest BCUT2D eigenvalue weighted by atomic mass is 10.3. The molecule has 0 N–H and O–H groups in total. The van der Waals surface area contributed by atoms with Crippen molar-refractivity contribution < 1.29 is 17.7 Å². The first kappa shape index (κ1) is 40.8. The van der Waals surface area contributed by atoms with Crippen LogP contribution >= 0.6 is 21.6 Å². The average molecular weight is 643 g/mol. The fourth-order valence-corrected chi connectivity index (χ4v) is 12.0. The Hall–Kier alpha value is 0.814. The van der Waals surface area contributed by atoms with E-state index in [2.05, 4.69) is 88.8 Å². The van der Waals surface area contributed by atoms with Crippen molar-refractivity contribution in [1.29, 1.82) is 0 Å². The Labute approximate surface area is 260 Å². The van der Waals surface area contributed by atoms with Gasteiger partial charge in [0.1, 0.15) is 0 Å². The van der Waals surface area contributed by atoms with Gasteiger partial charge in [0.05, 0.1) is 0 Å². The van der Waals surface area contributed by atoms with E-state index in [0.717, 1.165) is 88.8 Å². The topological polar surface area (TPSA) is 49.9 Å². The highest BCUT2D eigenvalue weighted by atomic mass is 33.1. The Bertz CT molecular complexity index is 529. The molecule has 0 saturated heterocycles. The highest BCUT2D eigenvalue weighted by Gasteiger charge is 2.40. The van der Waals surface area contributed by atoms with E-state index in [1.807, 2.05) is 35.8 Å². The summed E-state index contributed by atoms with van der Waals surface area (Å²) in [5.74, 6) is 1.44. The van der Waals surface area contributed by atoms with Gasteiger partial charge in [0.25, 0.3) is 0 Å². The van der Waals surface area contributed by atoms with Crippen molar-refractivity contribution in [2.75, 3.05) is 78.1 Å². The van der Waals surface area contributed by atoms with E-state index < -0.39 is 30.3 Å². The zero-order valence-electron chi connectivity index (χ0n) is 28.3. The number of hydrogen-bond acceptors (Lipinski definition) is 10. The summed E-state index contributed by atoms with van der Waals surface area (Å²) >= 11 is 0. The molecule has 0 aliphatic carbocycles. The van der Waals surface area contributed by atoms with Gasteiger partial charge in [-0.1, -0.05) is 77.0 Å². The lowest BCUT2D eigenvalue weighted by molar-refractivity contribution is -0.189. The van der Waals surface area contributed by atoms with Gasteiger partial charge in [0, 0.05) is 25.7 Å². The molecule has 0 bridgehead atoms. The molecule has 0 aliphatic heterocycles. The number of nitrogens with zero attached hydrogens (tertiary/aromatic N) is 4. The largest absolute Gasteiger partial charge is 0.400 e. The Kier molecular flexibility index (Phi) is 23.7. The highest BCUT2D eigenvalue weighted by Crippen LogP contribution is 2.29. The Balaban J connectivity index is 4.69. The molecule has 0 fully saturated rings. The average Bonchev–Trinajstić information content (AvgIpc) is 2.95. The molecule has 242 valence electrons. The molecule has 0 spiro atoms. The van der Waals surface area contributed by atoms with Gasteiger partial charge in [-0.3, -0.25) is 19.6 Å². The van der Waals surface area contributed by atoms with Gasteiger partial charge >= 0.3 is 18.6 Å². The molecule has 2 atom stereocenters. The highest BCUT2D eigenvalue weighted by molar-refractivity contribution is 8.76. The quantitative estimate of drug-likeness (QED) is 0.0488. The number of hydrogen-bond donors (Lipinski definition) is 0. The van der Waals surface area contributed by atoms with Crippen LogP contribution in [0.1, 0.15) is 82.1 Å². The third-order valence-electron chi connectivity index (χ3n) is 8.05. The predicted molar refractivity (Wildman–Crippen MR) is 183 cm³/mol. The summed E-state index contributed by atoms with van der Waals surface area (Å²) in [6.07, 6.45) is 2.25. The summed E-state index contributed by atoms with van der Waals surface area (Å²) in [6.45, 7) is 29.8. The maximum absolute atomic E-state index is 6.79. The first-order valence-electron chi connectivity index (χ1n) is 15.8. The summed E-state index contributed by atoms with van der Waals surface area (Å²) in [6, 6.07) is 2.06. The van der Waals surface area contributed by atoms with Crippen LogP contribution in [0.25, 0.3) is 0 Å². The molecule has 0 amide bonds. The first-order valence-corrected chi connectivity index (χ1v) is 21.8. The molecule has 0 aromatic heterocycles. The SMILES string of the molecule is CCN(CC)C(C)(O[SiH](CCCSSCCC[SiH](OC)OC(C)(N(CC)CC)N(CC)CC)OC)N(CC)CC. The van der Waals surface area contributed by atoms with Crippen molar-refractivity contribution in [3.05, 3.63) is 0 Å². The molecule has 0 rings (SSSR count). The minimum Gasteiger partial charge on any atom is -0.400 e. The van der Waals surface area contributed by atoms with Crippen molar-refractivity contribution in [3.8, 4) is 0 Å². The minimum absolute atomic E-state index is 0.404. The monoisotopic (exact) mass is 642 g/mol. The van der Waals surface area contributed by atoms with Crippen LogP contribution in [-0.4, -0.2) is 128 Å². The lowest BCUT2D eigenvalue weighted by Crippen LogP contribution is -2.62. The summed E-state index contributed by atoms with van der Waals surface area (Å²) in [7, 11) is 4.05. The second-order valence-corrected chi connectivity index (χ2v) is 17.0. The maximum Gasteiger partial charge on any atom is 0.323 e. The molecular weight excluding hydrogens is 577 g/mol. The third-order valence-corrected chi connectivity index (χ3v) is 14.9. The molecule has 0 saturated carbocycles. The molecule has 8 nitrogen and oxygen atoms in total. The fourth-order valence-electron chi connectivity index (χ4n) is 5.62. The predicted octanol–water partition coefficient (Wildman–Crippen LogP) is 5.63. The third kappa shape index (κ3) is 12.8. The zero-order chi connectivity index (χ0) is 30.6. The summed E-state index contributed by atoms with van der Waals surface area (Å²) in [5, 5.41) is 0. The van der Waals surface area contributed by atoms with Gasteiger partial charge in [0.15, 0.2) is 11.7 Å². The second-order valence-electron chi connectivity index (χ2n) is 10.1. The van der Waals surface area contributed by atoms with Crippen LogP contribution in [0.4, 0.5) is 0 Å². The standard InChI is InChI=1S/C28H66N4O4S2Si2/c1-13-29(14-2)27(9,30(15-3)16-4)35-39(33-11)25-21-23-37-38-24-22-26-40(34-12)36-28(10,31(17-5)18-6)32(19-7)20-8/h39-40H,13-26H2,1-12H3. The van der Waals surface area contributed by atoms with Gasteiger partial charge in [0.2, 0.25) is 0 Å². The zero-order valence-corrected chi connectivity index (χ0v) is 32.2. The van der Waals surface area contributed by atoms with Crippen LogP contribution in [0.2, 0.25) is 12.1 Å². The van der Waals surface area contributed by atoms with Crippen LogP contribution < -0.4 is 0 Å². The van der Waals surface area contributed by atoms with E-state index in [-0.39, 0.29) is 0 Å². The van der Waals surface area contributed by atoms with Crippen LogP contribution in [-0.2, 0) is 17.7 Å². The van der Waals surface area contributed by atoms with E-state index in [9.17, 15) is 0 Å². The lowest BCUT2D eigenvalue weighted by Gasteiger charge is -2.48. The van der Waals surface area contributed by atoms with Crippen molar-refractivity contribution >= 4 is 40.2 Å². The molecule has 0 aliphatic rings. The van der Waals surface area contributed by atoms with Crippen LogP contribution in [0.5, 0.6) is 0 Å². The van der Waals surface area contributed by atoms with Gasteiger partial charge in [-0.05, 0) is 91.1 Å². The van der Waals surface area contributed by atoms with Crippen LogP contribution in [0.15, 0.2) is 0 Å². The molecular formula is C28H66N4O4S2Si2. The van der Waals surface area contributed by atoms with Gasteiger partial charge < -0.3 is 17.7 Å². The summed E-state index contributed by atoms with van der Waals surface area (Å²) in [5.41, 5.74) is 0. The minimum atomic E-state index is -1.78. The Morgan fingerprint density at radius 2 is 0.750 bits per heavy atom. The van der Waals surface area contributed by atoms with Crippen LogP contribution in [0, 0.1) is 0 Å². The smallest absolute Gasteiger partial charge is 0.323 e. The summed E-state index contributed by atoms with van der Waals surface area (Å²) in [4.78, 5) is 9.65. The number of rotatable bonds is 27. The maximum atomic E-state index is 6.79. The van der Waals surface area contributed by atoms with Crippen molar-refractivity contribution in [1.82, 2.24) is 19.6 Å². The second kappa shape index (κ2) is 23.2. The Morgan fingerprint density at radius 3 is 0.950 bits per heavy atom. The van der Waals surface area contributed by atoms with Crippen LogP contribution in [0.3, 0.4) is 0 Å². The van der Waals surface area contributed by atoms with Gasteiger partial charge in [-0.2, -0.15) is 0 Å². The molecule has 0 heterocycles. The van der Waals surface area contributed by atoms with Crippen molar-refractivity contribution in [2.24, 2.45) is 0 Å². The first-order chi connectivity index (χ1) is 19.1. The van der Waals surface area contributed by atoms with E-state index >= 15 is 0 Å². The van der Waals surface area contributed by atoms with E-state index in [1.165, 1.54) is 0 Å². The molecule has 2 unspecified atom stereocenters. The molecule has 0 aromatic rings. The van der Waals surface area contributed by atoms with E-state index in [0.29, 0.717) is 0 Å². The normalized spacial score (nSPS) is 14.7. The van der Waals surface area contributed by atoms with Crippen molar-refractivity contribution in [2.45, 2.75) is 106 Å². The molecule has 40 heavy (non-hydrogen) atoms. The van der Waals surface area contributed by atoms with Gasteiger partial charge in [-0.15, -0.1) is 0 Å². The van der Waals surface area contributed by atoms with Crippen molar-refractivity contribution in [3.63, 3.8) is 0 Å². The van der Waals surface area contributed by atoms with E-state index in [1.54, 1.807) is 0 Å². The fraction of sp³-hybridized carbons (Fsp3) is 1.00. The Morgan fingerprint density at radius 1 is 0.500 bits per heavy atom.